The maximum Gasteiger partial charge on any atom is 0.229 e. The van der Waals surface area contributed by atoms with Gasteiger partial charge in [-0.15, -0.1) is 0 Å². The zero-order valence-electron chi connectivity index (χ0n) is 8.01. The molecular formula is C8H11N3O3S. The van der Waals surface area contributed by atoms with Crippen LogP contribution < -0.4 is 10.5 Å². The molecule has 4 N–H and O–H groups in total. The van der Waals surface area contributed by atoms with Gasteiger partial charge < -0.3 is 10.9 Å². The molecule has 0 aliphatic carbocycles. The van der Waals surface area contributed by atoms with E-state index < -0.39 is 10.0 Å². The van der Waals surface area contributed by atoms with Crippen molar-refractivity contribution in [2.45, 2.75) is 0 Å². The predicted octanol–water partition coefficient (Wildman–Crippen LogP) is 0.153. The molecule has 82 valence electrons. The fraction of sp³-hybridized carbons (Fsp3) is 0.125. The van der Waals surface area contributed by atoms with Gasteiger partial charge in [-0.1, -0.05) is 17.3 Å². The largest absolute Gasteiger partial charge is 0.409 e. The maximum atomic E-state index is 11.0. The van der Waals surface area contributed by atoms with Gasteiger partial charge in [-0.05, 0) is 12.1 Å². The SMILES string of the molecule is CS(=O)(=O)Nc1ccccc1C(N)=NO. The summed E-state index contributed by atoms with van der Waals surface area (Å²) in [5, 5.41) is 11.3. The fourth-order valence-corrected chi connectivity index (χ4v) is 1.63. The first kappa shape index (κ1) is 11.3. The van der Waals surface area contributed by atoms with E-state index in [1.54, 1.807) is 18.2 Å². The van der Waals surface area contributed by atoms with Crippen LogP contribution in [0.5, 0.6) is 0 Å². The van der Waals surface area contributed by atoms with Gasteiger partial charge in [0.05, 0.1) is 11.9 Å². The Balaban J connectivity index is 3.19. The van der Waals surface area contributed by atoms with Crippen molar-refractivity contribution in [3.63, 3.8) is 0 Å². The lowest BCUT2D eigenvalue weighted by atomic mass is 10.2. The van der Waals surface area contributed by atoms with Crippen LogP contribution >= 0.6 is 0 Å². The first-order valence-corrected chi connectivity index (χ1v) is 5.88. The molecule has 0 spiro atoms. The van der Waals surface area contributed by atoms with Gasteiger partial charge in [-0.25, -0.2) is 8.42 Å². The van der Waals surface area contributed by atoms with E-state index >= 15 is 0 Å². The number of sulfonamides is 1. The highest BCUT2D eigenvalue weighted by molar-refractivity contribution is 7.92. The molecule has 0 saturated heterocycles. The van der Waals surface area contributed by atoms with Gasteiger partial charge in [0.1, 0.15) is 0 Å². The molecule has 0 heterocycles. The Kier molecular flexibility index (Phi) is 3.15. The normalized spacial score (nSPS) is 12.5. The monoisotopic (exact) mass is 229 g/mol. The molecule has 0 bridgehead atoms. The third-order valence-corrected chi connectivity index (χ3v) is 2.20. The highest BCUT2D eigenvalue weighted by atomic mass is 32.2. The van der Waals surface area contributed by atoms with Crippen LogP contribution in [-0.2, 0) is 10.0 Å². The van der Waals surface area contributed by atoms with Crippen molar-refractivity contribution in [2.75, 3.05) is 11.0 Å². The molecule has 0 aliphatic rings. The summed E-state index contributed by atoms with van der Waals surface area (Å²) in [6.07, 6.45) is 1.02. The van der Waals surface area contributed by atoms with E-state index in [1.165, 1.54) is 6.07 Å². The predicted molar refractivity (Wildman–Crippen MR) is 57.4 cm³/mol. The molecule has 15 heavy (non-hydrogen) atoms. The van der Waals surface area contributed by atoms with Crippen molar-refractivity contribution in [3.05, 3.63) is 29.8 Å². The number of oxime groups is 1. The lowest BCUT2D eigenvalue weighted by molar-refractivity contribution is 0.318. The first-order valence-electron chi connectivity index (χ1n) is 3.99. The van der Waals surface area contributed by atoms with Crippen LogP contribution in [0.2, 0.25) is 0 Å². The molecule has 0 radical (unpaired) electrons. The Hall–Kier alpha value is -1.76. The van der Waals surface area contributed by atoms with Gasteiger partial charge in [0.25, 0.3) is 0 Å². The first-order chi connectivity index (χ1) is 6.94. The third kappa shape index (κ3) is 3.13. The van der Waals surface area contributed by atoms with Crippen LogP contribution in [0.15, 0.2) is 29.4 Å². The van der Waals surface area contributed by atoms with Crippen molar-refractivity contribution in [2.24, 2.45) is 10.9 Å². The fourth-order valence-electron chi connectivity index (χ4n) is 1.05. The minimum Gasteiger partial charge on any atom is -0.409 e. The molecule has 0 aliphatic heterocycles. The summed E-state index contributed by atoms with van der Waals surface area (Å²) in [6, 6.07) is 6.36. The summed E-state index contributed by atoms with van der Waals surface area (Å²) in [6.45, 7) is 0. The zero-order valence-corrected chi connectivity index (χ0v) is 8.82. The maximum absolute atomic E-state index is 11.0. The van der Waals surface area contributed by atoms with Gasteiger partial charge in [-0.2, -0.15) is 0 Å². The minimum atomic E-state index is -3.38. The Morgan fingerprint density at radius 3 is 2.60 bits per heavy atom. The van der Waals surface area contributed by atoms with Crippen LogP contribution in [0, 0.1) is 0 Å². The van der Waals surface area contributed by atoms with Crippen LogP contribution in [-0.4, -0.2) is 25.7 Å². The van der Waals surface area contributed by atoms with Crippen molar-refractivity contribution in [3.8, 4) is 0 Å². The highest BCUT2D eigenvalue weighted by Crippen LogP contribution is 2.15. The number of nitrogens with two attached hydrogens (primary N) is 1. The summed E-state index contributed by atoms with van der Waals surface area (Å²) in [5.41, 5.74) is 5.98. The van der Waals surface area contributed by atoms with Gasteiger partial charge in [0.2, 0.25) is 10.0 Å². The number of hydrogen-bond acceptors (Lipinski definition) is 4. The molecule has 1 rings (SSSR count). The molecule has 1 aromatic carbocycles. The van der Waals surface area contributed by atoms with E-state index in [4.69, 9.17) is 10.9 Å². The number of nitrogens with one attached hydrogen (secondary N) is 1. The molecule has 0 saturated carbocycles. The average molecular weight is 229 g/mol. The second kappa shape index (κ2) is 4.18. The van der Waals surface area contributed by atoms with E-state index in [0.717, 1.165) is 6.26 Å². The van der Waals surface area contributed by atoms with Crippen molar-refractivity contribution >= 4 is 21.5 Å². The number of hydrogen-bond donors (Lipinski definition) is 3. The lowest BCUT2D eigenvalue weighted by Gasteiger charge is -2.08. The minimum absolute atomic E-state index is 0.151. The molecular weight excluding hydrogens is 218 g/mol. The molecule has 0 amide bonds. The van der Waals surface area contributed by atoms with Crippen LogP contribution in [0.4, 0.5) is 5.69 Å². The third-order valence-electron chi connectivity index (χ3n) is 1.61. The second-order valence-electron chi connectivity index (χ2n) is 2.91. The standard InChI is InChI=1S/C8H11N3O3S/c1-15(13,14)11-7-5-3-2-4-6(7)8(9)10-12/h2-5,11-12H,1H3,(H2,9,10). The summed E-state index contributed by atoms with van der Waals surface area (Å²) in [7, 11) is -3.38. The van der Waals surface area contributed by atoms with Gasteiger partial charge in [0.15, 0.2) is 5.84 Å². The highest BCUT2D eigenvalue weighted by Gasteiger charge is 2.09. The average Bonchev–Trinajstić information content (AvgIpc) is 2.15. The van der Waals surface area contributed by atoms with Gasteiger partial charge in [0, 0.05) is 5.56 Å². The molecule has 7 heteroatoms. The summed E-state index contributed by atoms with van der Waals surface area (Å²) < 4.78 is 24.3. The number of anilines is 1. The number of benzene rings is 1. The summed E-state index contributed by atoms with van der Waals surface area (Å²) >= 11 is 0. The van der Waals surface area contributed by atoms with Crippen molar-refractivity contribution in [1.82, 2.24) is 0 Å². The molecule has 0 aromatic heterocycles. The number of nitrogens with zero attached hydrogens (tertiary/aromatic N) is 1. The van der Waals surface area contributed by atoms with Gasteiger partial charge in [-0.3, -0.25) is 4.72 Å². The second-order valence-corrected chi connectivity index (χ2v) is 4.65. The molecule has 0 fully saturated rings. The topological polar surface area (TPSA) is 105 Å². The van der Waals surface area contributed by atoms with Crippen molar-refractivity contribution in [1.29, 1.82) is 0 Å². The summed E-state index contributed by atoms with van der Waals surface area (Å²) in [4.78, 5) is 0. The van der Waals surface area contributed by atoms with Crippen molar-refractivity contribution < 1.29 is 13.6 Å². The summed E-state index contributed by atoms with van der Waals surface area (Å²) in [5.74, 6) is -0.151. The molecule has 6 nitrogen and oxygen atoms in total. The molecule has 0 unspecified atom stereocenters. The molecule has 0 atom stereocenters. The van der Waals surface area contributed by atoms with Crippen LogP contribution in [0.25, 0.3) is 0 Å². The quantitative estimate of drug-likeness (QED) is 0.297. The Labute approximate surface area is 87.5 Å². The Bertz CT molecular complexity index is 482. The van der Waals surface area contributed by atoms with Gasteiger partial charge >= 0.3 is 0 Å². The van der Waals surface area contributed by atoms with E-state index in [9.17, 15) is 8.42 Å². The van der Waals surface area contributed by atoms with E-state index in [2.05, 4.69) is 9.88 Å². The Morgan fingerprint density at radius 2 is 2.07 bits per heavy atom. The number of rotatable bonds is 3. The van der Waals surface area contributed by atoms with Crippen LogP contribution in [0.1, 0.15) is 5.56 Å². The lowest BCUT2D eigenvalue weighted by Crippen LogP contribution is -2.18. The molecule has 1 aromatic rings. The van der Waals surface area contributed by atoms with E-state index in [0.29, 0.717) is 5.56 Å². The van der Waals surface area contributed by atoms with Crippen LogP contribution in [0.3, 0.4) is 0 Å². The Morgan fingerprint density at radius 1 is 1.47 bits per heavy atom. The number of para-hydroxylation sites is 1. The van der Waals surface area contributed by atoms with E-state index in [-0.39, 0.29) is 11.5 Å². The smallest absolute Gasteiger partial charge is 0.229 e. The van der Waals surface area contributed by atoms with E-state index in [1.807, 2.05) is 0 Å². The number of amidine groups is 1. The zero-order chi connectivity index (χ0) is 11.5.